The van der Waals surface area contributed by atoms with E-state index in [2.05, 4.69) is 45.1 Å². The van der Waals surface area contributed by atoms with Gasteiger partial charge in [0, 0.05) is 12.2 Å². The molecule has 1 heterocycles. The van der Waals surface area contributed by atoms with Crippen molar-refractivity contribution < 1.29 is 0 Å². The van der Waals surface area contributed by atoms with E-state index in [1.165, 1.54) is 19.3 Å². The molecule has 0 aromatic carbocycles. The predicted molar refractivity (Wildman–Crippen MR) is 69.3 cm³/mol. The molecule has 0 spiro atoms. The minimum Gasteiger partial charge on any atom is -0.366 e. The summed E-state index contributed by atoms with van der Waals surface area (Å²) in [7, 11) is 0. The largest absolute Gasteiger partial charge is 0.366 e. The van der Waals surface area contributed by atoms with Gasteiger partial charge in [0.05, 0.1) is 4.47 Å². The lowest BCUT2D eigenvalue weighted by atomic mass is 9.80. The summed E-state index contributed by atoms with van der Waals surface area (Å²) in [4.78, 5) is 8.23. The number of anilines is 1. The molecule has 0 bridgehead atoms. The Morgan fingerprint density at radius 1 is 1.38 bits per heavy atom. The van der Waals surface area contributed by atoms with Crippen molar-refractivity contribution >= 4 is 21.7 Å². The molecule has 0 radical (unpaired) electrons. The van der Waals surface area contributed by atoms with Gasteiger partial charge in [-0.25, -0.2) is 9.97 Å². The van der Waals surface area contributed by atoms with Crippen molar-refractivity contribution in [1.29, 1.82) is 0 Å². The van der Waals surface area contributed by atoms with Gasteiger partial charge in [0.1, 0.15) is 12.1 Å². The van der Waals surface area contributed by atoms with E-state index in [1.807, 2.05) is 0 Å². The molecule has 3 unspecified atom stereocenters. The van der Waals surface area contributed by atoms with Gasteiger partial charge >= 0.3 is 0 Å². The molecule has 1 aromatic heterocycles. The van der Waals surface area contributed by atoms with E-state index in [4.69, 9.17) is 0 Å². The third-order valence-corrected chi connectivity index (χ3v) is 4.00. The summed E-state index contributed by atoms with van der Waals surface area (Å²) in [6.45, 7) is 4.66. The molecule has 1 aliphatic rings. The number of hydrogen-bond acceptors (Lipinski definition) is 3. The molecule has 1 fully saturated rings. The fourth-order valence-corrected chi connectivity index (χ4v) is 2.81. The molecule has 88 valence electrons. The minimum absolute atomic E-state index is 0.544. The Labute approximate surface area is 105 Å². The van der Waals surface area contributed by atoms with Crippen molar-refractivity contribution in [3.8, 4) is 0 Å². The first-order chi connectivity index (χ1) is 7.66. The van der Waals surface area contributed by atoms with Gasteiger partial charge in [-0.3, -0.25) is 0 Å². The van der Waals surface area contributed by atoms with Crippen LogP contribution in [0.25, 0.3) is 0 Å². The Kier molecular flexibility index (Phi) is 3.79. The molecule has 1 saturated carbocycles. The van der Waals surface area contributed by atoms with Crippen LogP contribution in [0.4, 0.5) is 5.82 Å². The van der Waals surface area contributed by atoms with E-state index in [0.717, 1.165) is 16.2 Å². The Morgan fingerprint density at radius 3 is 2.88 bits per heavy atom. The Hall–Kier alpha value is -0.640. The van der Waals surface area contributed by atoms with Crippen molar-refractivity contribution in [3.63, 3.8) is 0 Å². The Balaban J connectivity index is 2.02. The number of nitrogens with one attached hydrogen (secondary N) is 1. The molecule has 1 aliphatic carbocycles. The van der Waals surface area contributed by atoms with Gasteiger partial charge in [0.25, 0.3) is 0 Å². The van der Waals surface area contributed by atoms with Crippen LogP contribution in [0.15, 0.2) is 17.0 Å². The van der Waals surface area contributed by atoms with Crippen LogP contribution in [0, 0.1) is 11.8 Å². The van der Waals surface area contributed by atoms with E-state index in [9.17, 15) is 0 Å². The lowest BCUT2D eigenvalue weighted by Gasteiger charge is -2.33. The Morgan fingerprint density at radius 2 is 2.19 bits per heavy atom. The van der Waals surface area contributed by atoms with Gasteiger partial charge in [-0.15, -0.1) is 0 Å². The molecule has 0 amide bonds. The maximum absolute atomic E-state index is 4.26. The summed E-state index contributed by atoms with van der Waals surface area (Å²) >= 11 is 3.47. The maximum atomic E-state index is 4.26. The van der Waals surface area contributed by atoms with Crippen molar-refractivity contribution in [2.45, 2.75) is 39.2 Å². The van der Waals surface area contributed by atoms with Crippen LogP contribution < -0.4 is 5.32 Å². The lowest BCUT2D eigenvalue weighted by molar-refractivity contribution is 0.276. The zero-order chi connectivity index (χ0) is 11.5. The molecule has 0 aliphatic heterocycles. The maximum Gasteiger partial charge on any atom is 0.143 e. The highest BCUT2D eigenvalue weighted by Crippen LogP contribution is 2.31. The third kappa shape index (κ3) is 2.73. The first-order valence-corrected chi connectivity index (χ1v) is 6.68. The summed E-state index contributed by atoms with van der Waals surface area (Å²) in [5.41, 5.74) is 0. The number of halogens is 1. The van der Waals surface area contributed by atoms with Gasteiger partial charge < -0.3 is 5.32 Å². The molecule has 1 N–H and O–H groups in total. The summed E-state index contributed by atoms with van der Waals surface area (Å²) in [5.74, 6) is 2.49. The van der Waals surface area contributed by atoms with Gasteiger partial charge in [-0.1, -0.05) is 13.8 Å². The normalized spacial score (nSPS) is 30.1. The average molecular weight is 284 g/mol. The number of rotatable bonds is 2. The summed E-state index contributed by atoms with van der Waals surface area (Å²) in [6.07, 6.45) is 7.22. The van der Waals surface area contributed by atoms with Gasteiger partial charge in [-0.05, 0) is 47.0 Å². The van der Waals surface area contributed by atoms with E-state index < -0.39 is 0 Å². The molecule has 3 atom stereocenters. The van der Waals surface area contributed by atoms with Crippen LogP contribution in [0.5, 0.6) is 0 Å². The van der Waals surface area contributed by atoms with Crippen LogP contribution in [-0.4, -0.2) is 16.0 Å². The smallest absolute Gasteiger partial charge is 0.143 e. The number of nitrogens with zero attached hydrogens (tertiary/aromatic N) is 2. The predicted octanol–water partition coefficient (Wildman–Crippen LogP) is 3.48. The molecular formula is C12H18BrN3. The molecule has 3 nitrogen and oxygen atoms in total. The second-order valence-corrected chi connectivity index (χ2v) is 5.72. The van der Waals surface area contributed by atoms with E-state index in [0.29, 0.717) is 12.0 Å². The molecular weight excluding hydrogens is 266 g/mol. The monoisotopic (exact) mass is 283 g/mol. The Bertz CT molecular complexity index is 356. The fourth-order valence-electron chi connectivity index (χ4n) is 2.47. The zero-order valence-electron chi connectivity index (χ0n) is 9.78. The quantitative estimate of drug-likeness (QED) is 0.903. The molecule has 16 heavy (non-hydrogen) atoms. The lowest BCUT2D eigenvalue weighted by Crippen LogP contribution is -2.33. The number of hydrogen-bond donors (Lipinski definition) is 1. The van der Waals surface area contributed by atoms with Gasteiger partial charge in [0.2, 0.25) is 0 Å². The van der Waals surface area contributed by atoms with Crippen molar-refractivity contribution in [2.24, 2.45) is 11.8 Å². The van der Waals surface area contributed by atoms with Crippen LogP contribution in [0.1, 0.15) is 33.1 Å². The van der Waals surface area contributed by atoms with Gasteiger partial charge in [-0.2, -0.15) is 0 Å². The second kappa shape index (κ2) is 5.13. The van der Waals surface area contributed by atoms with Crippen LogP contribution >= 0.6 is 15.9 Å². The van der Waals surface area contributed by atoms with E-state index in [1.54, 1.807) is 12.5 Å². The van der Waals surface area contributed by atoms with Crippen LogP contribution in [-0.2, 0) is 0 Å². The first-order valence-electron chi connectivity index (χ1n) is 5.89. The van der Waals surface area contributed by atoms with Crippen molar-refractivity contribution in [2.75, 3.05) is 5.32 Å². The third-order valence-electron chi connectivity index (χ3n) is 3.42. The van der Waals surface area contributed by atoms with E-state index >= 15 is 0 Å². The standard InChI is InChI=1S/C12H18BrN3/c1-8-3-4-11(9(2)5-8)16-12-10(13)6-14-7-15-12/h6-9,11H,3-5H2,1-2H3,(H,14,15,16). The van der Waals surface area contributed by atoms with Crippen molar-refractivity contribution in [3.05, 3.63) is 17.0 Å². The minimum atomic E-state index is 0.544. The van der Waals surface area contributed by atoms with Crippen LogP contribution in [0.3, 0.4) is 0 Å². The van der Waals surface area contributed by atoms with E-state index in [-0.39, 0.29) is 0 Å². The highest BCUT2D eigenvalue weighted by molar-refractivity contribution is 9.10. The molecule has 4 heteroatoms. The average Bonchev–Trinajstić information content (AvgIpc) is 2.25. The zero-order valence-corrected chi connectivity index (χ0v) is 11.4. The van der Waals surface area contributed by atoms with Crippen molar-refractivity contribution in [1.82, 2.24) is 9.97 Å². The highest BCUT2D eigenvalue weighted by atomic mass is 79.9. The summed E-state index contributed by atoms with van der Waals surface area (Å²) in [5, 5.41) is 3.52. The molecule has 0 saturated heterocycles. The second-order valence-electron chi connectivity index (χ2n) is 4.87. The fraction of sp³-hybridized carbons (Fsp3) is 0.667. The summed E-state index contributed by atoms with van der Waals surface area (Å²) < 4.78 is 0.945. The first kappa shape index (κ1) is 11.8. The molecule has 2 rings (SSSR count). The summed E-state index contributed by atoms with van der Waals surface area (Å²) in [6, 6.07) is 0.544. The number of aromatic nitrogens is 2. The topological polar surface area (TPSA) is 37.8 Å². The van der Waals surface area contributed by atoms with Gasteiger partial charge in [0.15, 0.2) is 0 Å². The highest BCUT2D eigenvalue weighted by Gasteiger charge is 2.25. The molecule has 1 aromatic rings. The SMILES string of the molecule is CC1CCC(Nc2ncncc2Br)C(C)C1. The van der Waals surface area contributed by atoms with Crippen LogP contribution in [0.2, 0.25) is 0 Å².